The van der Waals surface area contributed by atoms with Crippen molar-refractivity contribution in [1.82, 2.24) is 0 Å². The lowest BCUT2D eigenvalue weighted by atomic mass is 9.92. The first-order chi connectivity index (χ1) is 11.0. The molecule has 136 valence electrons. The van der Waals surface area contributed by atoms with E-state index in [2.05, 4.69) is 0 Å². The minimum atomic E-state index is -3.90. The van der Waals surface area contributed by atoms with E-state index >= 15 is 0 Å². The molecular formula is C17H26O5S2. The zero-order valence-electron chi connectivity index (χ0n) is 14.7. The number of aryl methyl sites for hydroxylation is 1. The molecule has 0 aromatic heterocycles. The second kappa shape index (κ2) is 7.15. The Balaban J connectivity index is 2.28. The van der Waals surface area contributed by atoms with Crippen LogP contribution in [0.3, 0.4) is 0 Å². The van der Waals surface area contributed by atoms with Crippen molar-refractivity contribution in [2.45, 2.75) is 32.6 Å². The monoisotopic (exact) mass is 374 g/mol. The molecule has 1 aromatic carbocycles. The summed E-state index contributed by atoms with van der Waals surface area (Å²) in [6.45, 7) is 8.28. The lowest BCUT2D eigenvalue weighted by molar-refractivity contribution is -0.123. The number of hydrogen-bond donors (Lipinski definition) is 0. The molecule has 0 amide bonds. The third kappa shape index (κ3) is 4.81. The molecule has 1 saturated heterocycles. The third-order valence-corrected chi connectivity index (χ3v) is 9.30. The van der Waals surface area contributed by atoms with Crippen LogP contribution in [-0.2, 0) is 23.3 Å². The summed E-state index contributed by atoms with van der Waals surface area (Å²) >= 11 is 0. The van der Waals surface area contributed by atoms with Crippen LogP contribution >= 0.6 is 10.3 Å². The van der Waals surface area contributed by atoms with Gasteiger partial charge < -0.3 is 4.74 Å². The Kier molecular flexibility index (Phi) is 5.79. The predicted octanol–water partition coefficient (Wildman–Crippen LogP) is 3.07. The van der Waals surface area contributed by atoms with Gasteiger partial charge in [-0.1, -0.05) is 38.5 Å². The first-order valence-electron chi connectivity index (χ1n) is 7.94. The largest absolute Gasteiger partial charge is 0.380 e. The number of Topliss-reactive ketones (excluding diaryl/α,β-unsaturated/α-hetero) is 1. The molecule has 7 heteroatoms. The van der Waals surface area contributed by atoms with Crippen molar-refractivity contribution in [3.8, 4) is 0 Å². The maximum absolute atomic E-state index is 12.7. The summed E-state index contributed by atoms with van der Waals surface area (Å²) < 4.78 is 36.5. The maximum Gasteiger partial charge on any atom is 0.306 e. The minimum Gasteiger partial charge on any atom is -0.380 e. The second-order valence-electron chi connectivity index (χ2n) is 7.14. The van der Waals surface area contributed by atoms with Gasteiger partial charge in [0, 0.05) is 16.9 Å². The normalized spacial score (nSPS) is 19.7. The molecule has 24 heavy (non-hydrogen) atoms. The van der Waals surface area contributed by atoms with Crippen LogP contribution in [0.25, 0.3) is 0 Å². The van der Waals surface area contributed by atoms with Crippen molar-refractivity contribution in [3.05, 3.63) is 29.8 Å². The number of ketones is 1. The topological polar surface area (TPSA) is 69.7 Å². The van der Waals surface area contributed by atoms with Gasteiger partial charge in [0.25, 0.3) is 0 Å². The van der Waals surface area contributed by atoms with E-state index in [1.165, 1.54) is 0 Å². The number of carbonyl (C=O) groups excluding carboxylic acids is 1. The number of rotatable bonds is 5. The van der Waals surface area contributed by atoms with E-state index in [0.717, 1.165) is 5.56 Å². The molecule has 1 aromatic rings. The van der Waals surface area contributed by atoms with Gasteiger partial charge in [0.15, 0.2) is 0 Å². The minimum absolute atomic E-state index is 0.0264. The van der Waals surface area contributed by atoms with Gasteiger partial charge in [-0.3, -0.25) is 4.79 Å². The van der Waals surface area contributed by atoms with Gasteiger partial charge >= 0.3 is 10.1 Å². The molecule has 0 radical (unpaired) electrons. The summed E-state index contributed by atoms with van der Waals surface area (Å²) in [6, 6.07) is 6.57. The predicted molar refractivity (Wildman–Crippen MR) is 96.9 cm³/mol. The fourth-order valence-corrected chi connectivity index (χ4v) is 7.54. The maximum atomic E-state index is 12.7. The second-order valence-corrected chi connectivity index (χ2v) is 12.1. The molecule has 5 nitrogen and oxygen atoms in total. The Hall–Kier alpha value is -0.890. The van der Waals surface area contributed by atoms with Crippen LogP contribution in [0.4, 0.5) is 0 Å². The fraction of sp³-hybridized carbons (Fsp3) is 0.588. The van der Waals surface area contributed by atoms with Crippen molar-refractivity contribution in [3.63, 3.8) is 0 Å². The van der Waals surface area contributed by atoms with Crippen LogP contribution in [0.15, 0.2) is 29.2 Å². The molecule has 0 unspecified atom stereocenters. The Morgan fingerprint density at radius 3 is 2.21 bits per heavy atom. The number of carbonyl (C=O) groups is 1. The SMILES string of the molecule is Cc1ccc(S(=O)(=O)OS2(CC(=O)C(C)(C)C)CCOCC2)cc1. The molecule has 0 N–H and O–H groups in total. The smallest absolute Gasteiger partial charge is 0.306 e. The van der Waals surface area contributed by atoms with Gasteiger partial charge in [0.1, 0.15) is 5.78 Å². The van der Waals surface area contributed by atoms with Gasteiger partial charge in [0.2, 0.25) is 0 Å². The molecule has 1 fully saturated rings. The molecule has 1 heterocycles. The van der Waals surface area contributed by atoms with Crippen LogP contribution in [0.2, 0.25) is 0 Å². The van der Waals surface area contributed by atoms with Crippen LogP contribution in [0.5, 0.6) is 0 Å². The molecule has 0 spiro atoms. The zero-order valence-corrected chi connectivity index (χ0v) is 16.3. The van der Waals surface area contributed by atoms with Crippen molar-refractivity contribution in [2.24, 2.45) is 5.41 Å². The molecule has 0 bridgehead atoms. The van der Waals surface area contributed by atoms with E-state index in [-0.39, 0.29) is 16.4 Å². The molecule has 1 aliphatic rings. The lowest BCUT2D eigenvalue weighted by Gasteiger charge is -2.41. The summed E-state index contributed by atoms with van der Waals surface area (Å²) in [5.41, 5.74) is 0.458. The average Bonchev–Trinajstić information content (AvgIpc) is 2.46. The summed E-state index contributed by atoms with van der Waals surface area (Å²) in [7, 11) is -5.96. The number of ether oxygens (including phenoxy) is 1. The first kappa shape index (κ1) is 19.4. The van der Waals surface area contributed by atoms with Crippen LogP contribution in [-0.4, -0.2) is 44.7 Å². The van der Waals surface area contributed by atoms with Crippen LogP contribution in [0.1, 0.15) is 26.3 Å². The molecule has 2 rings (SSSR count). The van der Waals surface area contributed by atoms with E-state index in [1.807, 2.05) is 27.7 Å². The summed E-state index contributed by atoms with van der Waals surface area (Å²) in [5, 5.41) is 0. The highest BCUT2D eigenvalue weighted by atomic mass is 32.3. The summed E-state index contributed by atoms with van der Waals surface area (Å²) in [4.78, 5) is 12.6. The highest BCUT2D eigenvalue weighted by molar-refractivity contribution is 8.33. The van der Waals surface area contributed by atoms with Gasteiger partial charge in [-0.2, -0.15) is 8.42 Å². The first-order valence-corrected chi connectivity index (χ1v) is 11.4. The molecule has 0 aliphatic carbocycles. The van der Waals surface area contributed by atoms with Gasteiger partial charge in [0.05, 0.1) is 23.9 Å². The van der Waals surface area contributed by atoms with Crippen LogP contribution < -0.4 is 0 Å². The Morgan fingerprint density at radius 1 is 1.17 bits per heavy atom. The molecular weight excluding hydrogens is 348 g/mol. The van der Waals surface area contributed by atoms with E-state index < -0.39 is 25.8 Å². The zero-order chi connectivity index (χ0) is 18.0. The summed E-state index contributed by atoms with van der Waals surface area (Å²) in [6.07, 6.45) is 0. The summed E-state index contributed by atoms with van der Waals surface area (Å²) in [5.74, 6) is 1.13. The van der Waals surface area contributed by atoms with Gasteiger partial charge in [-0.15, -0.1) is 10.3 Å². The number of hydrogen-bond acceptors (Lipinski definition) is 5. The van der Waals surface area contributed by atoms with Gasteiger partial charge in [-0.05, 0) is 19.1 Å². The lowest BCUT2D eigenvalue weighted by Crippen LogP contribution is -2.35. The molecule has 1 aliphatic heterocycles. The average molecular weight is 375 g/mol. The van der Waals surface area contributed by atoms with Crippen molar-refractivity contribution in [1.29, 1.82) is 0 Å². The Labute approximate surface area is 146 Å². The van der Waals surface area contributed by atoms with E-state index in [0.29, 0.717) is 24.7 Å². The number of benzene rings is 1. The molecule has 0 atom stereocenters. The highest BCUT2D eigenvalue weighted by Crippen LogP contribution is 2.53. The highest BCUT2D eigenvalue weighted by Gasteiger charge is 2.38. The quantitative estimate of drug-likeness (QED) is 0.792. The third-order valence-electron chi connectivity index (χ3n) is 3.97. The fourth-order valence-electron chi connectivity index (χ4n) is 2.25. The van der Waals surface area contributed by atoms with E-state index in [9.17, 15) is 13.2 Å². The van der Waals surface area contributed by atoms with Crippen LogP contribution in [0, 0.1) is 12.3 Å². The Morgan fingerprint density at radius 2 is 1.71 bits per heavy atom. The Bertz CT molecular complexity index is 681. The van der Waals surface area contributed by atoms with Crippen molar-refractivity contribution >= 4 is 26.2 Å². The van der Waals surface area contributed by atoms with Crippen molar-refractivity contribution in [2.75, 3.05) is 30.5 Å². The molecule has 0 saturated carbocycles. The van der Waals surface area contributed by atoms with E-state index in [1.54, 1.807) is 24.3 Å². The van der Waals surface area contributed by atoms with Crippen molar-refractivity contribution < 1.29 is 21.6 Å². The van der Waals surface area contributed by atoms with Gasteiger partial charge in [-0.25, -0.2) is 3.63 Å². The standard InChI is InChI=1S/C17H26O5S2/c1-14-5-7-15(8-6-14)24(19,20)22-23(11-9-21-10-12-23)13-16(18)17(2,3)4/h5-8H,9-13H2,1-4H3. The van der Waals surface area contributed by atoms with E-state index in [4.69, 9.17) is 8.37 Å².